The van der Waals surface area contributed by atoms with E-state index < -0.39 is 6.04 Å². The van der Waals surface area contributed by atoms with Gasteiger partial charge < -0.3 is 4.74 Å². The van der Waals surface area contributed by atoms with Crippen molar-refractivity contribution >= 4 is 0 Å². The first kappa shape index (κ1) is 14.4. The van der Waals surface area contributed by atoms with Crippen LogP contribution in [-0.2, 0) is 0 Å². The Balaban J connectivity index is 2.41. The van der Waals surface area contributed by atoms with Crippen molar-refractivity contribution in [1.29, 1.82) is 0 Å². The van der Waals surface area contributed by atoms with Crippen LogP contribution in [-0.4, -0.2) is 11.6 Å². The van der Waals surface area contributed by atoms with Gasteiger partial charge in [-0.15, -0.1) is 0 Å². The van der Waals surface area contributed by atoms with Crippen LogP contribution in [0.1, 0.15) is 29.7 Å². The summed E-state index contributed by atoms with van der Waals surface area (Å²) in [5.41, 5.74) is 4.46. The summed E-state index contributed by atoms with van der Waals surface area (Å²) in [6.07, 6.45) is 3.27. The van der Waals surface area contributed by atoms with Crippen LogP contribution in [0.5, 0.6) is 5.75 Å². The molecule has 0 spiro atoms. The van der Waals surface area contributed by atoms with Gasteiger partial charge in [-0.1, -0.05) is 18.2 Å². The van der Waals surface area contributed by atoms with Crippen molar-refractivity contribution in [3.63, 3.8) is 0 Å². The predicted molar refractivity (Wildman–Crippen MR) is 75.7 cm³/mol. The summed E-state index contributed by atoms with van der Waals surface area (Å²) in [6, 6.07) is 6.57. The van der Waals surface area contributed by atoms with Crippen LogP contribution < -0.4 is 16.0 Å². The van der Waals surface area contributed by atoms with Crippen molar-refractivity contribution in [3.8, 4) is 5.75 Å². The van der Waals surface area contributed by atoms with Crippen molar-refractivity contribution < 1.29 is 9.13 Å². The van der Waals surface area contributed by atoms with Crippen LogP contribution in [0.2, 0.25) is 0 Å². The van der Waals surface area contributed by atoms with E-state index in [2.05, 4.69) is 10.4 Å². The zero-order valence-corrected chi connectivity index (χ0v) is 11.6. The second-order valence-corrected chi connectivity index (χ2v) is 4.46. The number of hydrogen-bond acceptors (Lipinski definition) is 4. The third-order valence-corrected chi connectivity index (χ3v) is 3.08. The van der Waals surface area contributed by atoms with Gasteiger partial charge >= 0.3 is 0 Å². The van der Waals surface area contributed by atoms with Crippen LogP contribution in [0.15, 0.2) is 36.7 Å². The number of ether oxygens (including phenoxy) is 1. The normalized spacial score (nSPS) is 12.2. The first-order valence-electron chi connectivity index (χ1n) is 6.46. The Labute approximate surface area is 117 Å². The summed E-state index contributed by atoms with van der Waals surface area (Å²) < 4.78 is 19.6. The number of nitrogens with two attached hydrogens (primary N) is 1. The largest absolute Gasteiger partial charge is 0.492 e. The number of hydrazine groups is 1. The Morgan fingerprint density at radius 1 is 1.40 bits per heavy atom. The number of nitrogens with one attached hydrogen (secondary N) is 1. The molecular weight excluding hydrogens is 257 g/mol. The third kappa shape index (κ3) is 2.95. The zero-order chi connectivity index (χ0) is 14.5. The molecule has 0 aliphatic rings. The molecular formula is C15H18FN3O. The highest BCUT2D eigenvalue weighted by atomic mass is 19.1. The molecule has 1 atom stereocenters. The quantitative estimate of drug-likeness (QED) is 0.650. The molecule has 0 saturated carbocycles. The van der Waals surface area contributed by atoms with Gasteiger partial charge in [0.05, 0.1) is 18.8 Å². The Morgan fingerprint density at radius 2 is 2.20 bits per heavy atom. The van der Waals surface area contributed by atoms with E-state index in [-0.39, 0.29) is 5.82 Å². The summed E-state index contributed by atoms with van der Waals surface area (Å²) >= 11 is 0. The highest BCUT2D eigenvalue weighted by Crippen LogP contribution is 2.26. The maximum Gasteiger partial charge on any atom is 0.137 e. The van der Waals surface area contributed by atoms with E-state index in [9.17, 15) is 4.39 Å². The molecule has 0 saturated heterocycles. The Bertz CT molecular complexity index is 589. The number of aryl methyl sites for hydroxylation is 1. The molecule has 106 valence electrons. The van der Waals surface area contributed by atoms with Gasteiger partial charge in [0.25, 0.3) is 0 Å². The number of nitrogens with zero attached hydrogens (tertiary/aromatic N) is 1. The third-order valence-electron chi connectivity index (χ3n) is 3.08. The van der Waals surface area contributed by atoms with Gasteiger partial charge in [0.2, 0.25) is 0 Å². The van der Waals surface area contributed by atoms with Crippen molar-refractivity contribution in [2.24, 2.45) is 5.84 Å². The molecule has 0 amide bonds. The molecule has 4 nitrogen and oxygen atoms in total. The van der Waals surface area contributed by atoms with Crippen molar-refractivity contribution in [2.75, 3.05) is 6.61 Å². The molecule has 3 N–H and O–H groups in total. The summed E-state index contributed by atoms with van der Waals surface area (Å²) in [6.45, 7) is 4.16. The van der Waals surface area contributed by atoms with Gasteiger partial charge in [0.1, 0.15) is 11.6 Å². The first-order chi connectivity index (χ1) is 9.67. The van der Waals surface area contributed by atoms with Crippen LogP contribution in [0, 0.1) is 12.7 Å². The molecule has 1 aromatic heterocycles. The van der Waals surface area contributed by atoms with E-state index in [0.717, 1.165) is 5.56 Å². The Kier molecular flexibility index (Phi) is 4.65. The second-order valence-electron chi connectivity index (χ2n) is 4.46. The molecule has 0 aliphatic carbocycles. The molecule has 1 heterocycles. The summed E-state index contributed by atoms with van der Waals surface area (Å²) in [4.78, 5) is 4.11. The summed E-state index contributed by atoms with van der Waals surface area (Å²) in [7, 11) is 0. The van der Waals surface area contributed by atoms with Gasteiger partial charge in [0.15, 0.2) is 0 Å². The van der Waals surface area contributed by atoms with E-state index in [1.807, 2.05) is 13.0 Å². The number of pyridine rings is 1. The van der Waals surface area contributed by atoms with Gasteiger partial charge in [-0.3, -0.25) is 10.8 Å². The fourth-order valence-corrected chi connectivity index (χ4v) is 2.10. The van der Waals surface area contributed by atoms with E-state index in [1.165, 1.54) is 0 Å². The molecule has 20 heavy (non-hydrogen) atoms. The van der Waals surface area contributed by atoms with E-state index in [1.54, 1.807) is 37.5 Å². The average molecular weight is 275 g/mol. The Morgan fingerprint density at radius 3 is 2.90 bits per heavy atom. The smallest absolute Gasteiger partial charge is 0.137 e. The molecule has 1 aromatic carbocycles. The second kappa shape index (κ2) is 6.45. The van der Waals surface area contributed by atoms with E-state index >= 15 is 0 Å². The highest BCUT2D eigenvalue weighted by molar-refractivity contribution is 5.36. The molecule has 2 aromatic rings. The number of halogens is 1. The first-order valence-corrected chi connectivity index (χ1v) is 6.46. The monoisotopic (exact) mass is 275 g/mol. The van der Waals surface area contributed by atoms with Gasteiger partial charge in [-0.2, -0.15) is 0 Å². The van der Waals surface area contributed by atoms with Crippen LogP contribution in [0.25, 0.3) is 0 Å². The standard InChI is InChI=1S/C15H18FN3O/c1-3-20-12-7-11(8-18-9-12)15(19-17)13-6-4-5-10(2)14(13)16/h4-9,15,19H,3,17H2,1-2H3. The Hall–Kier alpha value is -1.98. The number of rotatable bonds is 5. The fourth-order valence-electron chi connectivity index (χ4n) is 2.10. The topological polar surface area (TPSA) is 60.2 Å². The summed E-state index contributed by atoms with van der Waals surface area (Å²) in [5.74, 6) is 5.97. The minimum atomic E-state index is -0.470. The van der Waals surface area contributed by atoms with Gasteiger partial charge in [0, 0.05) is 11.8 Å². The van der Waals surface area contributed by atoms with Crippen molar-refractivity contribution in [3.05, 3.63) is 59.2 Å². The molecule has 0 radical (unpaired) electrons. The fraction of sp³-hybridized carbons (Fsp3) is 0.267. The van der Waals surface area contributed by atoms with Crippen molar-refractivity contribution in [2.45, 2.75) is 19.9 Å². The minimum Gasteiger partial charge on any atom is -0.492 e. The van der Waals surface area contributed by atoms with E-state index in [0.29, 0.717) is 23.5 Å². The lowest BCUT2D eigenvalue weighted by Crippen LogP contribution is -2.29. The van der Waals surface area contributed by atoms with Crippen LogP contribution >= 0.6 is 0 Å². The minimum absolute atomic E-state index is 0.266. The molecule has 0 bridgehead atoms. The molecule has 1 unspecified atom stereocenters. The summed E-state index contributed by atoms with van der Waals surface area (Å²) in [5, 5.41) is 0. The van der Waals surface area contributed by atoms with Crippen molar-refractivity contribution in [1.82, 2.24) is 10.4 Å². The highest BCUT2D eigenvalue weighted by Gasteiger charge is 2.18. The molecule has 0 aliphatic heterocycles. The lowest BCUT2D eigenvalue weighted by Gasteiger charge is -2.18. The SMILES string of the molecule is CCOc1cncc(C(NN)c2cccc(C)c2F)c1. The molecule has 5 heteroatoms. The maximum absolute atomic E-state index is 14.2. The molecule has 2 rings (SSSR count). The number of benzene rings is 1. The number of hydrogen-bond donors (Lipinski definition) is 2. The van der Waals surface area contributed by atoms with Crippen LogP contribution in [0.3, 0.4) is 0 Å². The predicted octanol–water partition coefficient (Wildman–Crippen LogP) is 2.48. The lowest BCUT2D eigenvalue weighted by atomic mass is 9.98. The maximum atomic E-state index is 14.2. The lowest BCUT2D eigenvalue weighted by molar-refractivity contribution is 0.338. The van der Waals surface area contributed by atoms with Gasteiger partial charge in [-0.25, -0.2) is 9.82 Å². The van der Waals surface area contributed by atoms with Gasteiger partial charge in [-0.05, 0) is 31.0 Å². The van der Waals surface area contributed by atoms with Crippen LogP contribution in [0.4, 0.5) is 4.39 Å². The number of aromatic nitrogens is 1. The molecule has 0 fully saturated rings. The van der Waals surface area contributed by atoms with E-state index in [4.69, 9.17) is 10.6 Å². The average Bonchev–Trinajstić information content (AvgIpc) is 2.45. The zero-order valence-electron chi connectivity index (χ0n) is 11.6.